The van der Waals surface area contributed by atoms with Crippen molar-refractivity contribution in [3.05, 3.63) is 11.8 Å². The Morgan fingerprint density at radius 2 is 1.86 bits per heavy atom. The zero-order chi connectivity index (χ0) is 16.0. The molecule has 22 heavy (non-hydrogen) atoms. The summed E-state index contributed by atoms with van der Waals surface area (Å²) in [6.07, 6.45) is 12.0. The van der Waals surface area contributed by atoms with Crippen molar-refractivity contribution in [2.45, 2.75) is 83.8 Å². The number of hydrogen-bond donors (Lipinski definition) is 1. The number of rotatable bonds is 2. The second-order valence-corrected chi connectivity index (χ2v) is 7.56. The molecular weight excluding hydrogens is 276 g/mol. The van der Waals surface area contributed by atoms with Crippen LogP contribution < -0.4 is 5.32 Å². The van der Waals surface area contributed by atoms with Crippen LogP contribution in [-0.4, -0.2) is 35.7 Å². The molecule has 1 fully saturated rings. The fourth-order valence-corrected chi connectivity index (χ4v) is 3.25. The van der Waals surface area contributed by atoms with Gasteiger partial charge in [0.15, 0.2) is 0 Å². The van der Waals surface area contributed by atoms with Gasteiger partial charge in [0, 0.05) is 24.8 Å². The molecule has 0 atom stereocenters. The molecule has 0 saturated carbocycles. The Hall–Kier alpha value is -1.19. The van der Waals surface area contributed by atoms with Crippen LogP contribution in [0.2, 0.25) is 0 Å². The highest BCUT2D eigenvalue weighted by Crippen LogP contribution is 2.23. The van der Waals surface area contributed by atoms with E-state index in [9.17, 15) is 4.79 Å². The van der Waals surface area contributed by atoms with E-state index in [1.165, 1.54) is 44.2 Å². The molecule has 1 aliphatic carbocycles. The van der Waals surface area contributed by atoms with Gasteiger partial charge in [0.1, 0.15) is 5.60 Å². The lowest BCUT2D eigenvalue weighted by Gasteiger charge is -2.36. The SMILES string of the molecule is CC(C)(C)OC(=O)NC1CCN(C2=CCCCCCC2)CC1. The van der Waals surface area contributed by atoms with Gasteiger partial charge < -0.3 is 15.0 Å². The first kappa shape index (κ1) is 17.2. The number of carbonyl (C=O) groups excluding carboxylic acids is 1. The van der Waals surface area contributed by atoms with Crippen LogP contribution in [0.25, 0.3) is 0 Å². The number of ether oxygens (including phenoxy) is 1. The van der Waals surface area contributed by atoms with Crippen LogP contribution in [0.1, 0.15) is 72.1 Å². The minimum atomic E-state index is -0.422. The minimum absolute atomic E-state index is 0.250. The second-order valence-electron chi connectivity index (χ2n) is 7.56. The van der Waals surface area contributed by atoms with Gasteiger partial charge in [-0.3, -0.25) is 0 Å². The Balaban J connectivity index is 1.76. The van der Waals surface area contributed by atoms with Crippen LogP contribution in [0.5, 0.6) is 0 Å². The molecule has 0 spiro atoms. The number of carbonyl (C=O) groups is 1. The molecule has 1 heterocycles. The van der Waals surface area contributed by atoms with E-state index in [2.05, 4.69) is 16.3 Å². The van der Waals surface area contributed by atoms with Crippen molar-refractivity contribution in [3.63, 3.8) is 0 Å². The van der Waals surface area contributed by atoms with Crippen molar-refractivity contribution in [2.24, 2.45) is 0 Å². The number of hydrogen-bond acceptors (Lipinski definition) is 3. The Morgan fingerprint density at radius 1 is 1.18 bits per heavy atom. The average molecular weight is 308 g/mol. The molecule has 0 unspecified atom stereocenters. The molecule has 1 aliphatic heterocycles. The zero-order valence-corrected chi connectivity index (χ0v) is 14.5. The van der Waals surface area contributed by atoms with E-state index in [-0.39, 0.29) is 12.1 Å². The molecule has 4 nitrogen and oxygen atoms in total. The third-order valence-electron chi connectivity index (χ3n) is 4.39. The summed E-state index contributed by atoms with van der Waals surface area (Å²) < 4.78 is 5.34. The van der Waals surface area contributed by atoms with Crippen molar-refractivity contribution in [1.82, 2.24) is 10.2 Å². The maximum absolute atomic E-state index is 11.8. The predicted octanol–water partition coefficient (Wildman–Crippen LogP) is 4.21. The van der Waals surface area contributed by atoms with E-state index < -0.39 is 5.60 Å². The molecule has 4 heteroatoms. The number of amides is 1. The van der Waals surface area contributed by atoms with Crippen LogP contribution in [0.3, 0.4) is 0 Å². The molecule has 2 aliphatic rings. The second kappa shape index (κ2) is 7.89. The standard InChI is InChI=1S/C18H32N2O2/c1-18(2,3)22-17(21)19-15-11-13-20(14-12-15)16-9-7-5-4-6-8-10-16/h9,15H,4-8,10-14H2,1-3H3,(H,19,21). The maximum atomic E-state index is 11.8. The number of alkyl carbamates (subject to hydrolysis) is 1. The van der Waals surface area contributed by atoms with E-state index in [1.807, 2.05) is 20.8 Å². The van der Waals surface area contributed by atoms with Gasteiger partial charge in [0.05, 0.1) is 0 Å². The Morgan fingerprint density at radius 3 is 2.55 bits per heavy atom. The number of piperidine rings is 1. The molecule has 0 radical (unpaired) electrons. The van der Waals surface area contributed by atoms with Crippen LogP contribution in [0.4, 0.5) is 4.79 Å². The highest BCUT2D eigenvalue weighted by Gasteiger charge is 2.24. The summed E-state index contributed by atoms with van der Waals surface area (Å²) >= 11 is 0. The molecule has 1 N–H and O–H groups in total. The summed E-state index contributed by atoms with van der Waals surface area (Å²) in [5, 5.41) is 3.01. The lowest BCUT2D eigenvalue weighted by atomic mass is 10.00. The first-order chi connectivity index (χ1) is 10.4. The summed E-state index contributed by atoms with van der Waals surface area (Å²) in [6, 6.07) is 0.250. The maximum Gasteiger partial charge on any atom is 0.407 e. The van der Waals surface area contributed by atoms with Gasteiger partial charge in [0.25, 0.3) is 0 Å². The average Bonchev–Trinajstić information content (AvgIpc) is 2.37. The lowest BCUT2D eigenvalue weighted by molar-refractivity contribution is 0.0484. The van der Waals surface area contributed by atoms with Crippen LogP contribution in [0.15, 0.2) is 11.8 Å². The van der Waals surface area contributed by atoms with Crippen molar-refractivity contribution in [2.75, 3.05) is 13.1 Å². The first-order valence-electron chi connectivity index (χ1n) is 8.87. The molecule has 126 valence electrons. The van der Waals surface area contributed by atoms with Crippen molar-refractivity contribution < 1.29 is 9.53 Å². The smallest absolute Gasteiger partial charge is 0.407 e. The fourth-order valence-electron chi connectivity index (χ4n) is 3.25. The molecule has 2 rings (SSSR count). The topological polar surface area (TPSA) is 41.6 Å². The highest BCUT2D eigenvalue weighted by atomic mass is 16.6. The van der Waals surface area contributed by atoms with E-state index in [0.29, 0.717) is 0 Å². The largest absolute Gasteiger partial charge is 0.444 e. The van der Waals surface area contributed by atoms with Gasteiger partial charge >= 0.3 is 6.09 Å². The first-order valence-corrected chi connectivity index (χ1v) is 8.87. The van der Waals surface area contributed by atoms with Crippen molar-refractivity contribution in [3.8, 4) is 0 Å². The summed E-state index contributed by atoms with van der Waals surface area (Å²) in [6.45, 7) is 7.79. The van der Waals surface area contributed by atoms with Gasteiger partial charge in [0.2, 0.25) is 0 Å². The van der Waals surface area contributed by atoms with Crippen molar-refractivity contribution >= 4 is 6.09 Å². The molecule has 0 bridgehead atoms. The van der Waals surface area contributed by atoms with E-state index in [4.69, 9.17) is 4.74 Å². The summed E-state index contributed by atoms with van der Waals surface area (Å²) in [5.41, 5.74) is 1.12. The van der Waals surface area contributed by atoms with E-state index >= 15 is 0 Å². The van der Waals surface area contributed by atoms with Crippen molar-refractivity contribution in [1.29, 1.82) is 0 Å². The number of nitrogens with zero attached hydrogens (tertiary/aromatic N) is 1. The van der Waals surface area contributed by atoms with Crippen LogP contribution >= 0.6 is 0 Å². The fraction of sp³-hybridized carbons (Fsp3) is 0.833. The minimum Gasteiger partial charge on any atom is -0.444 e. The summed E-state index contributed by atoms with van der Waals surface area (Å²) in [4.78, 5) is 14.4. The number of allylic oxidation sites excluding steroid dienone is 2. The monoisotopic (exact) mass is 308 g/mol. The number of likely N-dealkylation sites (tertiary alicyclic amines) is 1. The predicted molar refractivity (Wildman–Crippen MR) is 89.7 cm³/mol. The quantitative estimate of drug-likeness (QED) is 0.830. The Labute approximate surface area is 135 Å². The lowest BCUT2D eigenvalue weighted by Crippen LogP contribution is -2.45. The van der Waals surface area contributed by atoms with Gasteiger partial charge in [-0.2, -0.15) is 0 Å². The number of nitrogens with one attached hydrogen (secondary N) is 1. The Kier molecular flexibility index (Phi) is 6.16. The van der Waals surface area contributed by atoms with Crippen LogP contribution in [0, 0.1) is 0 Å². The van der Waals surface area contributed by atoms with Gasteiger partial charge in [-0.25, -0.2) is 4.79 Å². The molecule has 0 aromatic rings. The molecule has 1 saturated heterocycles. The normalized spacial score (nSPS) is 21.6. The Bertz CT molecular complexity index is 390. The summed E-state index contributed by atoms with van der Waals surface area (Å²) in [7, 11) is 0. The van der Waals surface area contributed by atoms with Gasteiger partial charge in [-0.15, -0.1) is 0 Å². The zero-order valence-electron chi connectivity index (χ0n) is 14.5. The third kappa shape index (κ3) is 5.90. The molecule has 1 amide bonds. The third-order valence-corrected chi connectivity index (χ3v) is 4.39. The van der Waals surface area contributed by atoms with Gasteiger partial charge in [-0.05, 0) is 59.3 Å². The van der Waals surface area contributed by atoms with E-state index in [1.54, 1.807) is 0 Å². The molecular formula is C18H32N2O2. The van der Waals surface area contributed by atoms with Crippen LogP contribution in [-0.2, 0) is 4.74 Å². The van der Waals surface area contributed by atoms with Gasteiger partial charge in [-0.1, -0.05) is 18.9 Å². The summed E-state index contributed by atoms with van der Waals surface area (Å²) in [5.74, 6) is 0. The van der Waals surface area contributed by atoms with E-state index in [0.717, 1.165) is 25.9 Å². The molecule has 0 aromatic heterocycles. The highest BCUT2D eigenvalue weighted by molar-refractivity contribution is 5.68. The molecule has 0 aromatic carbocycles.